The molecule has 1 aromatic carbocycles. The van der Waals surface area contributed by atoms with Crippen LogP contribution in [-0.4, -0.2) is 35.1 Å². The molecule has 21 heavy (non-hydrogen) atoms. The van der Waals surface area contributed by atoms with E-state index in [0.29, 0.717) is 0 Å². The molecule has 0 bridgehead atoms. The molecule has 0 amide bonds. The molecule has 1 heterocycles. The first-order valence-electron chi connectivity index (χ1n) is 7.18. The summed E-state index contributed by atoms with van der Waals surface area (Å²) in [5.74, 6) is 0. The molecule has 2 aromatic rings. The van der Waals surface area contributed by atoms with Crippen LogP contribution in [0.4, 0.5) is 0 Å². The van der Waals surface area contributed by atoms with E-state index in [9.17, 15) is 0 Å². The van der Waals surface area contributed by atoms with Gasteiger partial charge in [0.2, 0.25) is 0 Å². The molecule has 0 atom stereocenters. The van der Waals surface area contributed by atoms with Crippen molar-refractivity contribution in [3.8, 4) is 0 Å². The SMILES string of the molecule is CN(CCc1ccccn1)C(=S)NCCc1ccccc1. The van der Waals surface area contributed by atoms with Gasteiger partial charge in [-0.25, -0.2) is 0 Å². The average Bonchev–Trinajstić information content (AvgIpc) is 2.54. The molecule has 2 rings (SSSR count). The summed E-state index contributed by atoms with van der Waals surface area (Å²) in [5, 5.41) is 4.10. The molecular formula is C17H21N3S. The average molecular weight is 299 g/mol. The van der Waals surface area contributed by atoms with Crippen LogP contribution in [0.1, 0.15) is 11.3 Å². The topological polar surface area (TPSA) is 28.2 Å². The van der Waals surface area contributed by atoms with Gasteiger partial charge in [-0.15, -0.1) is 0 Å². The van der Waals surface area contributed by atoms with Crippen LogP contribution in [0.5, 0.6) is 0 Å². The molecule has 0 aliphatic carbocycles. The van der Waals surface area contributed by atoms with E-state index in [1.807, 2.05) is 37.5 Å². The van der Waals surface area contributed by atoms with Crippen LogP contribution in [0.2, 0.25) is 0 Å². The Hall–Kier alpha value is -1.94. The van der Waals surface area contributed by atoms with E-state index in [-0.39, 0.29) is 0 Å². The van der Waals surface area contributed by atoms with Gasteiger partial charge in [-0.3, -0.25) is 4.98 Å². The van der Waals surface area contributed by atoms with Crippen LogP contribution < -0.4 is 5.32 Å². The minimum absolute atomic E-state index is 0.793. The van der Waals surface area contributed by atoms with Crippen molar-refractivity contribution in [1.29, 1.82) is 0 Å². The zero-order valence-corrected chi connectivity index (χ0v) is 13.1. The van der Waals surface area contributed by atoms with Gasteiger partial charge in [0.05, 0.1) is 0 Å². The maximum absolute atomic E-state index is 5.40. The Morgan fingerprint density at radius 3 is 2.57 bits per heavy atom. The van der Waals surface area contributed by atoms with Crippen LogP contribution in [0.15, 0.2) is 54.7 Å². The predicted molar refractivity (Wildman–Crippen MR) is 91.3 cm³/mol. The Balaban J connectivity index is 1.68. The van der Waals surface area contributed by atoms with Gasteiger partial charge in [-0.1, -0.05) is 36.4 Å². The van der Waals surface area contributed by atoms with Gasteiger partial charge >= 0.3 is 0 Å². The van der Waals surface area contributed by atoms with Crippen molar-refractivity contribution < 1.29 is 0 Å². The fourth-order valence-electron chi connectivity index (χ4n) is 2.02. The predicted octanol–water partition coefficient (Wildman–Crippen LogP) is 2.67. The Kier molecular flexibility index (Phi) is 6.16. The molecular weight excluding hydrogens is 278 g/mol. The lowest BCUT2D eigenvalue weighted by Gasteiger charge is -2.20. The second kappa shape index (κ2) is 8.37. The number of nitrogens with zero attached hydrogens (tertiary/aromatic N) is 2. The normalized spacial score (nSPS) is 10.1. The van der Waals surface area contributed by atoms with Gasteiger partial charge in [-0.2, -0.15) is 0 Å². The van der Waals surface area contributed by atoms with Gasteiger partial charge in [0.1, 0.15) is 0 Å². The molecule has 0 radical (unpaired) electrons. The number of nitrogens with one attached hydrogen (secondary N) is 1. The number of rotatable bonds is 6. The Bertz CT molecular complexity index is 542. The van der Waals surface area contributed by atoms with Crippen LogP contribution in [0.3, 0.4) is 0 Å². The summed E-state index contributed by atoms with van der Waals surface area (Å²) in [6.07, 6.45) is 3.71. The van der Waals surface area contributed by atoms with E-state index in [1.54, 1.807) is 0 Å². The van der Waals surface area contributed by atoms with E-state index < -0.39 is 0 Å². The molecule has 110 valence electrons. The molecule has 0 saturated heterocycles. The molecule has 0 saturated carbocycles. The summed E-state index contributed by atoms with van der Waals surface area (Å²) in [6, 6.07) is 16.4. The highest BCUT2D eigenvalue weighted by Gasteiger charge is 2.04. The lowest BCUT2D eigenvalue weighted by Crippen LogP contribution is -2.39. The summed E-state index contributed by atoms with van der Waals surface area (Å²) < 4.78 is 0. The van der Waals surface area contributed by atoms with Gasteiger partial charge in [0, 0.05) is 38.4 Å². The highest BCUT2D eigenvalue weighted by molar-refractivity contribution is 7.80. The third-order valence-corrected chi connectivity index (χ3v) is 3.76. The van der Waals surface area contributed by atoms with Crippen molar-refractivity contribution in [1.82, 2.24) is 15.2 Å². The third kappa shape index (κ3) is 5.52. The first-order chi connectivity index (χ1) is 10.3. The van der Waals surface area contributed by atoms with Gasteiger partial charge in [-0.05, 0) is 36.3 Å². The zero-order valence-electron chi connectivity index (χ0n) is 12.3. The number of pyridine rings is 1. The Labute approximate surface area is 132 Å². The lowest BCUT2D eigenvalue weighted by molar-refractivity contribution is 0.494. The molecule has 0 aliphatic heterocycles. The van der Waals surface area contributed by atoms with Crippen molar-refractivity contribution in [2.45, 2.75) is 12.8 Å². The van der Waals surface area contributed by atoms with Crippen LogP contribution in [-0.2, 0) is 12.8 Å². The third-order valence-electron chi connectivity index (χ3n) is 3.31. The standard InChI is InChI=1S/C17H21N3S/c1-20(14-11-16-9-5-6-12-18-16)17(21)19-13-10-15-7-3-2-4-8-15/h2-9,12H,10-11,13-14H2,1H3,(H,19,21). The second-order valence-corrected chi connectivity index (χ2v) is 5.35. The van der Waals surface area contributed by atoms with E-state index in [0.717, 1.165) is 36.7 Å². The number of thiocarbonyl (C=S) groups is 1. The fourth-order valence-corrected chi connectivity index (χ4v) is 2.22. The minimum Gasteiger partial charge on any atom is -0.362 e. The summed E-state index contributed by atoms with van der Waals surface area (Å²) in [7, 11) is 2.01. The maximum atomic E-state index is 5.40. The monoisotopic (exact) mass is 299 g/mol. The number of likely N-dealkylation sites (N-methyl/N-ethyl adjacent to an activating group) is 1. The zero-order chi connectivity index (χ0) is 14.9. The van der Waals surface area contributed by atoms with E-state index >= 15 is 0 Å². The molecule has 4 heteroatoms. The van der Waals surface area contributed by atoms with E-state index in [1.165, 1.54) is 5.56 Å². The van der Waals surface area contributed by atoms with Crippen molar-refractivity contribution in [2.24, 2.45) is 0 Å². The van der Waals surface area contributed by atoms with Gasteiger partial charge < -0.3 is 10.2 Å². The molecule has 0 spiro atoms. The molecule has 1 N–H and O–H groups in total. The fraction of sp³-hybridized carbons (Fsp3) is 0.294. The quantitative estimate of drug-likeness (QED) is 0.830. The van der Waals surface area contributed by atoms with E-state index in [4.69, 9.17) is 12.2 Å². The highest BCUT2D eigenvalue weighted by atomic mass is 32.1. The molecule has 0 fully saturated rings. The first kappa shape index (κ1) is 15.4. The largest absolute Gasteiger partial charge is 0.362 e. The van der Waals surface area contributed by atoms with Crippen LogP contribution >= 0.6 is 12.2 Å². The van der Waals surface area contributed by atoms with Crippen molar-refractivity contribution in [2.75, 3.05) is 20.1 Å². The summed E-state index contributed by atoms with van der Waals surface area (Å²) >= 11 is 5.40. The van der Waals surface area contributed by atoms with E-state index in [2.05, 4.69) is 39.5 Å². The van der Waals surface area contributed by atoms with Gasteiger partial charge in [0.25, 0.3) is 0 Å². The summed E-state index contributed by atoms with van der Waals surface area (Å²) in [6.45, 7) is 1.73. The minimum atomic E-state index is 0.793. The van der Waals surface area contributed by atoms with Gasteiger partial charge in [0.15, 0.2) is 5.11 Å². The Morgan fingerprint density at radius 2 is 1.86 bits per heavy atom. The van der Waals surface area contributed by atoms with Crippen molar-refractivity contribution in [3.63, 3.8) is 0 Å². The molecule has 0 unspecified atom stereocenters. The smallest absolute Gasteiger partial charge is 0.168 e. The highest BCUT2D eigenvalue weighted by Crippen LogP contribution is 1.99. The maximum Gasteiger partial charge on any atom is 0.168 e. The van der Waals surface area contributed by atoms with Crippen molar-refractivity contribution in [3.05, 3.63) is 66.0 Å². The first-order valence-corrected chi connectivity index (χ1v) is 7.59. The lowest BCUT2D eigenvalue weighted by atomic mass is 10.1. The van der Waals surface area contributed by atoms with Crippen LogP contribution in [0.25, 0.3) is 0 Å². The summed E-state index contributed by atoms with van der Waals surface area (Å²) in [4.78, 5) is 6.39. The molecule has 3 nitrogen and oxygen atoms in total. The van der Waals surface area contributed by atoms with Crippen molar-refractivity contribution >= 4 is 17.3 Å². The molecule has 1 aromatic heterocycles. The number of aromatic nitrogens is 1. The Morgan fingerprint density at radius 1 is 1.10 bits per heavy atom. The summed E-state index contributed by atoms with van der Waals surface area (Å²) in [5.41, 5.74) is 2.42. The molecule has 0 aliphatic rings. The van der Waals surface area contributed by atoms with Crippen LogP contribution in [0, 0.1) is 0 Å². The number of hydrogen-bond acceptors (Lipinski definition) is 2. The number of benzene rings is 1. The number of hydrogen-bond donors (Lipinski definition) is 1. The second-order valence-electron chi connectivity index (χ2n) is 4.96.